The van der Waals surface area contributed by atoms with Gasteiger partial charge in [0.05, 0.1) is 13.2 Å². The van der Waals surface area contributed by atoms with Crippen LogP contribution < -0.4 is 0 Å². The van der Waals surface area contributed by atoms with E-state index >= 15 is 0 Å². The van der Waals surface area contributed by atoms with E-state index < -0.39 is 0 Å². The van der Waals surface area contributed by atoms with E-state index in [2.05, 4.69) is 59.2 Å². The van der Waals surface area contributed by atoms with Gasteiger partial charge in [-0.05, 0) is 12.2 Å². The molecule has 0 bridgehead atoms. The van der Waals surface area contributed by atoms with Crippen molar-refractivity contribution in [1.82, 2.24) is 0 Å². The summed E-state index contributed by atoms with van der Waals surface area (Å²) in [4.78, 5) is 0. The third kappa shape index (κ3) is 31.6. The number of hydrogen-bond donors (Lipinski definition) is 1. The molecule has 0 heterocycles. The van der Waals surface area contributed by atoms with Crippen molar-refractivity contribution in [2.45, 2.75) is 0 Å². The summed E-state index contributed by atoms with van der Waals surface area (Å²) < 4.78 is 19.2. The van der Waals surface area contributed by atoms with Crippen molar-refractivity contribution in [3.05, 3.63) is 0 Å². The molecule has 17 heavy (non-hydrogen) atoms. The molecule has 0 aliphatic carbocycles. The molecule has 0 aliphatic heterocycles. The summed E-state index contributed by atoms with van der Waals surface area (Å²) in [6.45, 7) is 2.04. The Balaban J connectivity index is -0.000000218. The van der Waals surface area contributed by atoms with Crippen LogP contribution in [0.4, 0.5) is 0 Å². The van der Waals surface area contributed by atoms with Crippen LogP contribution in [0.3, 0.4) is 0 Å². The van der Waals surface area contributed by atoms with Gasteiger partial charge >= 0.3 is 0 Å². The van der Waals surface area contributed by atoms with Crippen molar-refractivity contribution in [3.8, 4) is 0 Å². The fraction of sp³-hybridized carbons (Fsp3) is 0.750. The van der Waals surface area contributed by atoms with Crippen LogP contribution in [0.2, 0.25) is 0 Å². The van der Waals surface area contributed by atoms with Gasteiger partial charge in [0.25, 0.3) is 0 Å². The number of rotatable bonds is 6. The zero-order chi connectivity index (χ0) is 12.8. The van der Waals surface area contributed by atoms with Crippen LogP contribution in [-0.4, -0.2) is 49.4 Å². The van der Waals surface area contributed by atoms with Crippen LogP contribution in [0.5, 0.6) is 0 Å². The number of methoxy groups -OCH3 is 2. The predicted octanol–water partition coefficient (Wildman–Crippen LogP) is 1.34. The Hall–Kier alpha value is 0.893. The zero-order valence-electron chi connectivity index (χ0n) is 9.84. The van der Waals surface area contributed by atoms with E-state index in [4.69, 9.17) is 9.47 Å². The monoisotopic (exact) mass is 367 g/mol. The normalized spacial score (nSPS) is 8.18. The van der Waals surface area contributed by atoms with Crippen LogP contribution in [0.25, 0.3) is 0 Å². The van der Waals surface area contributed by atoms with Gasteiger partial charge in [0, 0.05) is 38.1 Å². The summed E-state index contributed by atoms with van der Waals surface area (Å²) in [6, 6.07) is 0. The van der Waals surface area contributed by atoms with Crippen molar-refractivity contribution >= 4 is 58.5 Å². The Kier molecular flexibility index (Phi) is 26.1. The second kappa shape index (κ2) is 19.2. The van der Waals surface area contributed by atoms with E-state index in [1.807, 2.05) is 0 Å². The molecule has 0 N–H and O–H groups in total. The van der Waals surface area contributed by atoms with Crippen LogP contribution in [0.15, 0.2) is 0 Å². The first-order valence-electron chi connectivity index (χ1n) is 4.22. The summed E-state index contributed by atoms with van der Waals surface area (Å²) in [7, 11) is 3.20. The first-order chi connectivity index (χ1) is 7.54. The number of hydrogen-bond acceptors (Lipinski definition) is 7. The van der Waals surface area contributed by atoms with Crippen molar-refractivity contribution in [2.24, 2.45) is 0 Å². The molecule has 0 aromatic rings. The van der Waals surface area contributed by atoms with Gasteiger partial charge < -0.3 is 43.8 Å². The second-order valence-electron chi connectivity index (χ2n) is 2.20. The first kappa shape index (κ1) is 23.0. The summed E-state index contributed by atoms with van der Waals surface area (Å²) >= 11 is 17.1. The summed E-state index contributed by atoms with van der Waals surface area (Å²) in [5, 5.41) is 0. The number of ether oxygens (including phenoxy) is 4. The maximum absolute atomic E-state index is 4.75. The molecule has 98 valence electrons. The van der Waals surface area contributed by atoms with Gasteiger partial charge in [0.15, 0.2) is 0 Å². The van der Waals surface area contributed by atoms with Crippen LogP contribution in [0, 0.1) is 0 Å². The van der Waals surface area contributed by atoms with E-state index in [1.165, 1.54) is 0 Å². The molecule has 9 heteroatoms. The van der Waals surface area contributed by atoms with E-state index in [-0.39, 0.29) is 28.2 Å². The van der Waals surface area contributed by atoms with Crippen molar-refractivity contribution in [2.75, 3.05) is 40.6 Å². The molecule has 0 aromatic heterocycles. The van der Waals surface area contributed by atoms with Crippen LogP contribution >= 0.6 is 37.1 Å². The summed E-state index contributed by atoms with van der Waals surface area (Å²) in [5.41, 5.74) is 0. The van der Waals surface area contributed by atoms with Gasteiger partial charge in [-0.25, -0.2) is 0 Å². The first-order valence-corrected chi connectivity index (χ1v) is 5.89. The zero-order valence-corrected chi connectivity index (χ0v) is 16.2. The summed E-state index contributed by atoms with van der Waals surface area (Å²) in [5.74, 6) is 0. The standard InChI is InChI=1S/2C4H8O2S2.Zn/c2*1-5-2-3-6-4(7)8;/h2*2-3H2,1H3,(H,7,8);/p-1. The second-order valence-corrected chi connectivity index (χ2v) is 4.28. The Labute approximate surface area is 137 Å². The Bertz CT molecular complexity index is 174. The van der Waals surface area contributed by atoms with E-state index in [0.29, 0.717) is 26.4 Å². The minimum atomic E-state index is 0. The summed E-state index contributed by atoms with van der Waals surface area (Å²) in [6.07, 6.45) is 0. The molecule has 0 spiro atoms. The van der Waals surface area contributed by atoms with Gasteiger partial charge in [-0.2, -0.15) is 0 Å². The van der Waals surface area contributed by atoms with Crippen molar-refractivity contribution < 1.29 is 38.4 Å². The van der Waals surface area contributed by atoms with Gasteiger partial charge in [-0.15, -0.1) is 0 Å². The van der Waals surface area contributed by atoms with Gasteiger partial charge in [0.2, 0.25) is 4.38 Å². The Morgan fingerprint density at radius 2 is 1.41 bits per heavy atom. The van der Waals surface area contributed by atoms with Crippen molar-refractivity contribution in [3.63, 3.8) is 0 Å². The van der Waals surface area contributed by atoms with Crippen LogP contribution in [0.1, 0.15) is 0 Å². The van der Waals surface area contributed by atoms with Gasteiger partial charge in [0.1, 0.15) is 13.2 Å². The molecule has 0 rings (SSSR count). The van der Waals surface area contributed by atoms with Crippen LogP contribution in [-0.2, 0) is 51.1 Å². The molecule has 0 fully saturated rings. The molecule has 0 aromatic carbocycles. The fourth-order valence-electron chi connectivity index (χ4n) is 0.421. The number of thiocarbonyl (C=S) groups is 2. The quantitative estimate of drug-likeness (QED) is 0.249. The topological polar surface area (TPSA) is 36.9 Å². The van der Waals surface area contributed by atoms with E-state index in [0.717, 1.165) is 0 Å². The van der Waals surface area contributed by atoms with E-state index in [1.54, 1.807) is 14.2 Å². The van der Waals surface area contributed by atoms with Crippen molar-refractivity contribution in [1.29, 1.82) is 0 Å². The molecule has 0 amide bonds. The molecular formula is C8H15O4S4Zn-. The molecule has 0 saturated heterocycles. The average molecular weight is 369 g/mol. The third-order valence-electron chi connectivity index (χ3n) is 1.02. The minimum Gasteiger partial charge on any atom is -0.511 e. The number of thiol groups is 1. The Morgan fingerprint density at radius 3 is 1.71 bits per heavy atom. The molecule has 4 nitrogen and oxygen atoms in total. The molecule has 0 aliphatic rings. The smallest absolute Gasteiger partial charge is 0.216 e. The molecule has 0 atom stereocenters. The van der Waals surface area contributed by atoms with Gasteiger partial charge in [-0.3, -0.25) is 0 Å². The maximum atomic E-state index is 4.75. The minimum absolute atomic E-state index is 0. The SMILES string of the molecule is COCCOC(=S)S.COCCOC(=S)[S-].[Zn]. The Morgan fingerprint density at radius 1 is 1.00 bits per heavy atom. The fourth-order valence-corrected chi connectivity index (χ4v) is 0.762. The third-order valence-corrected chi connectivity index (χ3v) is 1.50. The van der Waals surface area contributed by atoms with Gasteiger partial charge in [-0.1, -0.05) is 12.6 Å². The molecule has 0 saturated carbocycles. The molecular weight excluding hydrogens is 354 g/mol. The predicted molar refractivity (Wildman–Crippen MR) is 77.2 cm³/mol. The average Bonchev–Trinajstić information content (AvgIpc) is 2.18. The molecule has 0 radical (unpaired) electrons. The largest absolute Gasteiger partial charge is 0.511 e. The maximum Gasteiger partial charge on any atom is 0.216 e. The molecule has 0 unspecified atom stereocenters. The van der Waals surface area contributed by atoms with E-state index in [9.17, 15) is 0 Å².